The van der Waals surface area contributed by atoms with Crippen molar-refractivity contribution in [2.45, 2.75) is 40.0 Å². The topological polar surface area (TPSA) is 46.8 Å². The molecule has 136 valence electrons. The van der Waals surface area contributed by atoms with Gasteiger partial charge < -0.3 is 14.0 Å². The third-order valence-corrected chi connectivity index (χ3v) is 4.78. The number of carbonyl (C=O) groups is 1. The van der Waals surface area contributed by atoms with Gasteiger partial charge in [-0.3, -0.25) is 4.79 Å². The fraction of sp³-hybridized carbons (Fsp3) is 0.600. The van der Waals surface area contributed by atoms with Gasteiger partial charge in [-0.05, 0) is 43.7 Å². The average Bonchev–Trinajstić information content (AvgIpc) is 2.98. The lowest BCUT2D eigenvalue weighted by Crippen LogP contribution is -2.41. The molecule has 0 spiro atoms. The van der Waals surface area contributed by atoms with Gasteiger partial charge in [0.1, 0.15) is 5.82 Å². The van der Waals surface area contributed by atoms with Crippen molar-refractivity contribution in [1.29, 1.82) is 0 Å². The number of amides is 1. The SMILES string of the molecule is CCOCC1CCCN(C(=O)c2nc(CC(C)C)n3ccccc23)C1. The van der Waals surface area contributed by atoms with Gasteiger partial charge in [-0.15, -0.1) is 0 Å². The third kappa shape index (κ3) is 4.03. The highest BCUT2D eigenvalue weighted by atomic mass is 16.5. The van der Waals surface area contributed by atoms with Crippen LogP contribution in [0.25, 0.3) is 5.52 Å². The molecule has 3 heterocycles. The van der Waals surface area contributed by atoms with Crippen molar-refractivity contribution >= 4 is 11.4 Å². The highest BCUT2D eigenvalue weighted by molar-refractivity contribution is 5.99. The molecule has 1 atom stereocenters. The number of hydrogen-bond acceptors (Lipinski definition) is 3. The Kier molecular flexibility index (Phi) is 5.74. The van der Waals surface area contributed by atoms with Crippen LogP contribution in [0.3, 0.4) is 0 Å². The van der Waals surface area contributed by atoms with E-state index in [-0.39, 0.29) is 5.91 Å². The lowest BCUT2D eigenvalue weighted by molar-refractivity contribution is 0.0498. The molecule has 1 amide bonds. The quantitative estimate of drug-likeness (QED) is 0.807. The lowest BCUT2D eigenvalue weighted by atomic mass is 9.98. The molecule has 3 rings (SSSR count). The van der Waals surface area contributed by atoms with Crippen molar-refractivity contribution in [2.24, 2.45) is 11.8 Å². The summed E-state index contributed by atoms with van der Waals surface area (Å²) >= 11 is 0. The maximum absolute atomic E-state index is 13.1. The van der Waals surface area contributed by atoms with Crippen molar-refractivity contribution in [3.05, 3.63) is 35.9 Å². The van der Waals surface area contributed by atoms with Crippen LogP contribution < -0.4 is 0 Å². The summed E-state index contributed by atoms with van der Waals surface area (Å²) in [5, 5.41) is 0. The molecule has 1 fully saturated rings. The minimum atomic E-state index is 0.0555. The van der Waals surface area contributed by atoms with Crippen LogP contribution in [0.2, 0.25) is 0 Å². The maximum atomic E-state index is 13.1. The summed E-state index contributed by atoms with van der Waals surface area (Å²) < 4.78 is 7.63. The number of ether oxygens (including phenoxy) is 1. The molecule has 0 N–H and O–H groups in total. The number of piperidine rings is 1. The molecule has 1 aliphatic rings. The Labute approximate surface area is 150 Å². The normalized spacial score (nSPS) is 18.2. The fourth-order valence-electron chi connectivity index (χ4n) is 3.59. The largest absolute Gasteiger partial charge is 0.381 e. The van der Waals surface area contributed by atoms with E-state index in [4.69, 9.17) is 9.72 Å². The molecule has 0 bridgehead atoms. The first-order valence-electron chi connectivity index (χ1n) is 9.43. The van der Waals surface area contributed by atoms with Crippen LogP contribution in [-0.4, -0.2) is 46.5 Å². The third-order valence-electron chi connectivity index (χ3n) is 4.78. The molecule has 0 radical (unpaired) electrons. The van der Waals surface area contributed by atoms with Gasteiger partial charge in [-0.25, -0.2) is 4.98 Å². The second-order valence-electron chi connectivity index (χ2n) is 7.35. The Bertz CT molecular complexity index is 723. The van der Waals surface area contributed by atoms with E-state index < -0.39 is 0 Å². The van der Waals surface area contributed by atoms with Crippen LogP contribution in [0, 0.1) is 11.8 Å². The number of rotatable bonds is 6. The van der Waals surface area contributed by atoms with Gasteiger partial charge in [0.2, 0.25) is 0 Å². The van der Waals surface area contributed by atoms with E-state index in [1.54, 1.807) is 0 Å². The van der Waals surface area contributed by atoms with Crippen LogP contribution in [0.15, 0.2) is 24.4 Å². The molecule has 5 heteroatoms. The van der Waals surface area contributed by atoms with Crippen LogP contribution in [0.4, 0.5) is 0 Å². The number of carbonyl (C=O) groups excluding carboxylic acids is 1. The first-order chi connectivity index (χ1) is 12.1. The summed E-state index contributed by atoms with van der Waals surface area (Å²) in [6.45, 7) is 9.41. The molecule has 0 aromatic carbocycles. The molecule has 5 nitrogen and oxygen atoms in total. The van der Waals surface area contributed by atoms with Gasteiger partial charge in [-0.1, -0.05) is 19.9 Å². The van der Waals surface area contributed by atoms with Crippen molar-refractivity contribution in [3.63, 3.8) is 0 Å². The summed E-state index contributed by atoms with van der Waals surface area (Å²) in [6.07, 6.45) is 5.04. The number of nitrogens with zero attached hydrogens (tertiary/aromatic N) is 3. The second-order valence-corrected chi connectivity index (χ2v) is 7.35. The highest BCUT2D eigenvalue weighted by Crippen LogP contribution is 2.22. The summed E-state index contributed by atoms with van der Waals surface area (Å²) in [5.74, 6) is 1.96. The van der Waals surface area contributed by atoms with Gasteiger partial charge in [0.15, 0.2) is 5.69 Å². The standard InChI is InChI=1S/C20H29N3O2/c1-4-25-14-16-8-7-10-22(13-16)20(24)19-17-9-5-6-11-23(17)18(21-19)12-15(2)3/h5-6,9,11,15-16H,4,7-8,10,12-14H2,1-3H3. The molecule has 2 aromatic heterocycles. The summed E-state index contributed by atoms with van der Waals surface area (Å²) in [4.78, 5) is 19.8. The smallest absolute Gasteiger partial charge is 0.274 e. The number of likely N-dealkylation sites (tertiary alicyclic amines) is 1. The number of imidazole rings is 1. The van der Waals surface area contributed by atoms with E-state index in [1.807, 2.05) is 36.2 Å². The molecule has 0 aliphatic carbocycles. The molecule has 0 saturated carbocycles. The minimum absolute atomic E-state index is 0.0555. The van der Waals surface area contributed by atoms with Crippen LogP contribution in [0.1, 0.15) is 49.9 Å². The van der Waals surface area contributed by atoms with Gasteiger partial charge in [0, 0.05) is 32.3 Å². The Balaban J connectivity index is 1.84. The molecular weight excluding hydrogens is 314 g/mol. The van der Waals surface area contributed by atoms with Crippen molar-refractivity contribution in [1.82, 2.24) is 14.3 Å². The molecule has 2 aromatic rings. The van der Waals surface area contributed by atoms with E-state index in [9.17, 15) is 4.79 Å². The van der Waals surface area contributed by atoms with E-state index in [0.717, 1.165) is 56.9 Å². The van der Waals surface area contributed by atoms with E-state index in [2.05, 4.69) is 18.2 Å². The number of fused-ring (bicyclic) bond motifs is 1. The van der Waals surface area contributed by atoms with Crippen molar-refractivity contribution < 1.29 is 9.53 Å². The summed E-state index contributed by atoms with van der Waals surface area (Å²) in [7, 11) is 0. The van der Waals surface area contributed by atoms with Crippen LogP contribution in [0.5, 0.6) is 0 Å². The van der Waals surface area contributed by atoms with Crippen molar-refractivity contribution in [3.8, 4) is 0 Å². The van der Waals surface area contributed by atoms with Crippen LogP contribution in [-0.2, 0) is 11.2 Å². The van der Waals surface area contributed by atoms with Gasteiger partial charge >= 0.3 is 0 Å². The molecular formula is C20H29N3O2. The van der Waals surface area contributed by atoms with E-state index in [1.165, 1.54) is 0 Å². The number of pyridine rings is 1. The van der Waals surface area contributed by atoms with E-state index in [0.29, 0.717) is 17.5 Å². The zero-order chi connectivity index (χ0) is 17.8. The highest BCUT2D eigenvalue weighted by Gasteiger charge is 2.27. The Morgan fingerprint density at radius 2 is 2.24 bits per heavy atom. The maximum Gasteiger partial charge on any atom is 0.274 e. The second kappa shape index (κ2) is 8.00. The average molecular weight is 343 g/mol. The Morgan fingerprint density at radius 3 is 3.00 bits per heavy atom. The predicted molar refractivity (Wildman–Crippen MR) is 98.9 cm³/mol. The Hall–Kier alpha value is -1.88. The predicted octanol–water partition coefficient (Wildman–Crippen LogP) is 3.42. The summed E-state index contributed by atoms with van der Waals surface area (Å²) in [5.41, 5.74) is 1.50. The van der Waals surface area contributed by atoms with Crippen LogP contribution >= 0.6 is 0 Å². The monoisotopic (exact) mass is 343 g/mol. The molecule has 1 unspecified atom stereocenters. The molecule has 25 heavy (non-hydrogen) atoms. The number of aromatic nitrogens is 2. The van der Waals surface area contributed by atoms with Gasteiger partial charge in [-0.2, -0.15) is 0 Å². The first-order valence-corrected chi connectivity index (χ1v) is 9.43. The minimum Gasteiger partial charge on any atom is -0.381 e. The van der Waals surface area contributed by atoms with Gasteiger partial charge in [0.05, 0.1) is 12.1 Å². The fourth-order valence-corrected chi connectivity index (χ4v) is 3.59. The van der Waals surface area contributed by atoms with Crippen molar-refractivity contribution in [2.75, 3.05) is 26.3 Å². The molecule has 1 aliphatic heterocycles. The zero-order valence-corrected chi connectivity index (χ0v) is 15.6. The lowest BCUT2D eigenvalue weighted by Gasteiger charge is -2.32. The first kappa shape index (κ1) is 17.9. The summed E-state index contributed by atoms with van der Waals surface area (Å²) in [6, 6.07) is 5.96. The number of hydrogen-bond donors (Lipinski definition) is 0. The van der Waals surface area contributed by atoms with E-state index >= 15 is 0 Å². The zero-order valence-electron chi connectivity index (χ0n) is 15.6. The van der Waals surface area contributed by atoms with Gasteiger partial charge in [0.25, 0.3) is 5.91 Å². The Morgan fingerprint density at radius 1 is 1.40 bits per heavy atom. The molecule has 1 saturated heterocycles.